The SMILES string of the molecule is CCN(C)NC1(Oc2ccccc2)Cc2ccccc2C1. The molecular weight excluding hydrogens is 260 g/mol. The predicted molar refractivity (Wildman–Crippen MR) is 85.1 cm³/mol. The van der Waals surface area contributed by atoms with E-state index in [0.717, 1.165) is 25.1 Å². The van der Waals surface area contributed by atoms with Crippen LogP contribution in [0.15, 0.2) is 54.6 Å². The van der Waals surface area contributed by atoms with Crippen molar-refractivity contribution >= 4 is 0 Å². The molecule has 0 radical (unpaired) electrons. The van der Waals surface area contributed by atoms with E-state index in [9.17, 15) is 0 Å². The molecule has 110 valence electrons. The summed E-state index contributed by atoms with van der Waals surface area (Å²) in [5.74, 6) is 0.905. The number of para-hydroxylation sites is 1. The lowest BCUT2D eigenvalue weighted by atomic mass is 10.1. The van der Waals surface area contributed by atoms with Gasteiger partial charge in [-0.1, -0.05) is 49.4 Å². The second-order valence-electron chi connectivity index (χ2n) is 5.66. The molecule has 0 unspecified atom stereocenters. The summed E-state index contributed by atoms with van der Waals surface area (Å²) < 4.78 is 6.37. The molecule has 0 saturated heterocycles. The molecule has 1 N–H and O–H groups in total. The van der Waals surface area contributed by atoms with Crippen LogP contribution >= 0.6 is 0 Å². The summed E-state index contributed by atoms with van der Waals surface area (Å²) in [5, 5.41) is 2.09. The van der Waals surface area contributed by atoms with Crippen LogP contribution < -0.4 is 10.2 Å². The maximum absolute atomic E-state index is 6.37. The molecule has 0 spiro atoms. The van der Waals surface area contributed by atoms with Crippen molar-refractivity contribution < 1.29 is 4.74 Å². The molecule has 0 fully saturated rings. The fourth-order valence-electron chi connectivity index (χ4n) is 2.90. The van der Waals surface area contributed by atoms with Gasteiger partial charge in [0.05, 0.1) is 0 Å². The summed E-state index contributed by atoms with van der Waals surface area (Å²) in [7, 11) is 2.05. The summed E-state index contributed by atoms with van der Waals surface area (Å²) in [5.41, 5.74) is 5.89. The molecule has 21 heavy (non-hydrogen) atoms. The number of fused-ring (bicyclic) bond motifs is 1. The van der Waals surface area contributed by atoms with Gasteiger partial charge in [-0.3, -0.25) is 0 Å². The van der Waals surface area contributed by atoms with Gasteiger partial charge in [0.15, 0.2) is 5.72 Å². The Hall–Kier alpha value is -1.84. The highest BCUT2D eigenvalue weighted by atomic mass is 16.5. The zero-order valence-corrected chi connectivity index (χ0v) is 12.7. The number of nitrogens with one attached hydrogen (secondary N) is 1. The fraction of sp³-hybridized carbons (Fsp3) is 0.333. The topological polar surface area (TPSA) is 24.5 Å². The fourth-order valence-corrected chi connectivity index (χ4v) is 2.90. The molecule has 2 aromatic rings. The Balaban J connectivity index is 1.87. The highest BCUT2D eigenvalue weighted by molar-refractivity contribution is 5.36. The molecule has 2 aromatic carbocycles. The molecule has 0 aliphatic heterocycles. The van der Waals surface area contributed by atoms with Crippen molar-refractivity contribution in [3.8, 4) is 5.75 Å². The van der Waals surface area contributed by atoms with E-state index in [1.54, 1.807) is 0 Å². The van der Waals surface area contributed by atoms with E-state index in [-0.39, 0.29) is 0 Å². The summed E-state index contributed by atoms with van der Waals surface area (Å²) in [6.45, 7) is 3.06. The van der Waals surface area contributed by atoms with E-state index in [2.05, 4.69) is 48.7 Å². The van der Waals surface area contributed by atoms with Crippen LogP contribution in [-0.2, 0) is 12.8 Å². The Bertz CT molecular complexity index is 572. The second-order valence-corrected chi connectivity index (χ2v) is 5.66. The molecule has 0 aromatic heterocycles. The van der Waals surface area contributed by atoms with Gasteiger partial charge >= 0.3 is 0 Å². The summed E-state index contributed by atoms with van der Waals surface area (Å²) in [4.78, 5) is 0. The Kier molecular flexibility index (Phi) is 3.95. The van der Waals surface area contributed by atoms with Gasteiger partial charge in [0.25, 0.3) is 0 Å². The first-order valence-electron chi connectivity index (χ1n) is 7.50. The van der Waals surface area contributed by atoms with Crippen molar-refractivity contribution in [3.05, 3.63) is 65.7 Å². The van der Waals surface area contributed by atoms with Crippen molar-refractivity contribution in [1.29, 1.82) is 0 Å². The summed E-state index contributed by atoms with van der Waals surface area (Å²) in [6, 6.07) is 18.6. The third-order valence-corrected chi connectivity index (χ3v) is 4.00. The molecule has 0 bridgehead atoms. The van der Waals surface area contributed by atoms with Crippen molar-refractivity contribution in [2.24, 2.45) is 0 Å². The molecule has 0 heterocycles. The molecule has 3 heteroatoms. The Morgan fingerprint density at radius 1 is 1.00 bits per heavy atom. The van der Waals surface area contributed by atoms with Crippen LogP contribution in [0.4, 0.5) is 0 Å². The Morgan fingerprint density at radius 3 is 2.14 bits per heavy atom. The lowest BCUT2D eigenvalue weighted by Crippen LogP contribution is -2.57. The van der Waals surface area contributed by atoms with Gasteiger partial charge in [0.1, 0.15) is 5.75 Å². The third kappa shape index (κ3) is 3.09. The van der Waals surface area contributed by atoms with E-state index in [0.29, 0.717) is 0 Å². The van der Waals surface area contributed by atoms with E-state index in [1.807, 2.05) is 30.3 Å². The van der Waals surface area contributed by atoms with E-state index < -0.39 is 5.72 Å². The molecular formula is C18H22N2O. The number of hydrazine groups is 1. The minimum absolute atomic E-state index is 0.393. The van der Waals surface area contributed by atoms with Gasteiger partial charge in [-0.05, 0) is 23.3 Å². The maximum atomic E-state index is 6.37. The van der Waals surface area contributed by atoms with Crippen LogP contribution in [0.5, 0.6) is 5.75 Å². The predicted octanol–water partition coefficient (Wildman–Crippen LogP) is 3.02. The van der Waals surface area contributed by atoms with Gasteiger partial charge in [0, 0.05) is 26.4 Å². The molecule has 3 rings (SSSR count). The third-order valence-electron chi connectivity index (χ3n) is 4.00. The van der Waals surface area contributed by atoms with Crippen LogP contribution in [0.1, 0.15) is 18.1 Å². The lowest BCUT2D eigenvalue weighted by Gasteiger charge is -2.35. The minimum Gasteiger partial charge on any atom is -0.471 e. The first-order chi connectivity index (χ1) is 10.2. The molecule has 3 nitrogen and oxygen atoms in total. The van der Waals surface area contributed by atoms with Crippen LogP contribution in [0.3, 0.4) is 0 Å². The maximum Gasteiger partial charge on any atom is 0.181 e. The number of hydrogen-bond donors (Lipinski definition) is 1. The van der Waals surface area contributed by atoms with E-state index >= 15 is 0 Å². The average Bonchev–Trinajstić information content (AvgIpc) is 2.85. The van der Waals surface area contributed by atoms with E-state index in [1.165, 1.54) is 11.1 Å². The lowest BCUT2D eigenvalue weighted by molar-refractivity contribution is -0.0231. The van der Waals surface area contributed by atoms with Gasteiger partial charge < -0.3 is 4.74 Å². The zero-order valence-electron chi connectivity index (χ0n) is 12.7. The molecule has 1 aliphatic carbocycles. The summed E-state index contributed by atoms with van der Waals surface area (Å²) >= 11 is 0. The number of benzene rings is 2. The smallest absolute Gasteiger partial charge is 0.181 e. The van der Waals surface area contributed by atoms with Crippen LogP contribution in [0.25, 0.3) is 0 Å². The number of ether oxygens (including phenoxy) is 1. The van der Waals surface area contributed by atoms with Gasteiger partial charge in [-0.15, -0.1) is 0 Å². The van der Waals surface area contributed by atoms with Gasteiger partial charge in [-0.25, -0.2) is 10.4 Å². The standard InChI is InChI=1S/C18H22N2O/c1-3-20(2)19-18(21-17-11-5-4-6-12-17)13-15-9-7-8-10-16(15)14-18/h4-12,19H,3,13-14H2,1-2H3. The molecule has 1 aliphatic rings. The largest absolute Gasteiger partial charge is 0.471 e. The summed E-state index contributed by atoms with van der Waals surface area (Å²) in [6.07, 6.45) is 1.75. The molecule has 0 atom stereocenters. The highest BCUT2D eigenvalue weighted by Crippen LogP contribution is 2.32. The normalized spacial score (nSPS) is 16.0. The van der Waals surface area contributed by atoms with Crippen molar-refractivity contribution in [2.45, 2.75) is 25.5 Å². The number of hydrogen-bond acceptors (Lipinski definition) is 3. The highest BCUT2D eigenvalue weighted by Gasteiger charge is 2.40. The van der Waals surface area contributed by atoms with Gasteiger partial charge in [-0.2, -0.15) is 0 Å². The first kappa shape index (κ1) is 14.1. The monoisotopic (exact) mass is 282 g/mol. The van der Waals surface area contributed by atoms with Crippen LogP contribution in [0, 0.1) is 0 Å². The van der Waals surface area contributed by atoms with Crippen molar-refractivity contribution in [1.82, 2.24) is 10.4 Å². The average molecular weight is 282 g/mol. The number of rotatable bonds is 5. The van der Waals surface area contributed by atoms with Gasteiger partial charge in [0.2, 0.25) is 0 Å². The minimum atomic E-state index is -0.393. The zero-order chi connectivity index (χ0) is 14.7. The van der Waals surface area contributed by atoms with Crippen LogP contribution in [0.2, 0.25) is 0 Å². The number of nitrogens with zero attached hydrogens (tertiary/aromatic N) is 1. The Labute approximate surface area is 126 Å². The second kappa shape index (κ2) is 5.88. The molecule has 0 amide bonds. The van der Waals surface area contributed by atoms with Crippen molar-refractivity contribution in [2.75, 3.05) is 13.6 Å². The van der Waals surface area contributed by atoms with Crippen molar-refractivity contribution in [3.63, 3.8) is 0 Å². The quantitative estimate of drug-likeness (QED) is 0.674. The first-order valence-corrected chi connectivity index (χ1v) is 7.50. The van der Waals surface area contributed by atoms with Crippen LogP contribution in [-0.4, -0.2) is 24.3 Å². The Morgan fingerprint density at radius 2 is 1.57 bits per heavy atom. The van der Waals surface area contributed by atoms with E-state index in [4.69, 9.17) is 4.74 Å². The molecule has 0 saturated carbocycles.